The van der Waals surface area contributed by atoms with Crippen LogP contribution < -0.4 is 0 Å². The second-order valence-electron chi connectivity index (χ2n) is 2.54. The minimum atomic E-state index is 0.445. The molecule has 0 saturated heterocycles. The van der Waals surface area contributed by atoms with Crippen LogP contribution in [-0.4, -0.2) is 5.33 Å². The van der Waals surface area contributed by atoms with Crippen LogP contribution in [0.4, 0.5) is 0 Å². The number of alkyl halides is 1. The maximum atomic E-state index is 8.73. The van der Waals surface area contributed by atoms with E-state index in [2.05, 4.69) is 15.9 Å². The molecule has 0 unspecified atom stereocenters. The van der Waals surface area contributed by atoms with Gasteiger partial charge in [0.15, 0.2) is 0 Å². The molecule has 2 nitrogen and oxygen atoms in total. The molecule has 0 aromatic heterocycles. The van der Waals surface area contributed by atoms with E-state index in [-0.39, 0.29) is 0 Å². The van der Waals surface area contributed by atoms with E-state index in [4.69, 9.17) is 10.5 Å². The molecule has 0 spiro atoms. The van der Waals surface area contributed by atoms with Crippen molar-refractivity contribution in [2.45, 2.75) is 6.42 Å². The predicted molar refractivity (Wildman–Crippen MR) is 53.4 cm³/mol. The first-order valence-electron chi connectivity index (χ1n) is 3.81. The zero-order chi connectivity index (χ0) is 9.68. The lowest BCUT2D eigenvalue weighted by molar-refractivity contribution is 1.16. The molecular formula is C10H7BrN2. The molecule has 13 heavy (non-hydrogen) atoms. The Morgan fingerprint density at radius 3 is 2.38 bits per heavy atom. The third-order valence-corrected chi connectivity index (χ3v) is 2.10. The van der Waals surface area contributed by atoms with Gasteiger partial charge in [0.05, 0.1) is 11.1 Å². The van der Waals surface area contributed by atoms with Crippen LogP contribution >= 0.6 is 15.9 Å². The van der Waals surface area contributed by atoms with E-state index < -0.39 is 0 Å². The Labute approximate surface area is 85.5 Å². The van der Waals surface area contributed by atoms with Crippen molar-refractivity contribution in [3.8, 4) is 12.1 Å². The fourth-order valence-corrected chi connectivity index (χ4v) is 1.50. The fourth-order valence-electron chi connectivity index (χ4n) is 1.05. The first-order chi connectivity index (χ1) is 6.31. The highest BCUT2D eigenvalue weighted by Crippen LogP contribution is 2.11. The van der Waals surface area contributed by atoms with Crippen LogP contribution in [0, 0.1) is 22.7 Å². The van der Waals surface area contributed by atoms with E-state index in [0.717, 1.165) is 17.3 Å². The second-order valence-corrected chi connectivity index (χ2v) is 3.34. The molecule has 3 heteroatoms. The smallest absolute Gasteiger partial charge is 0.101 e. The van der Waals surface area contributed by atoms with Crippen LogP contribution in [0.5, 0.6) is 0 Å². The maximum absolute atomic E-state index is 8.73. The van der Waals surface area contributed by atoms with Gasteiger partial charge in [-0.05, 0) is 24.1 Å². The predicted octanol–water partition coefficient (Wildman–Crippen LogP) is 2.37. The number of nitrogens with zero attached hydrogens (tertiary/aromatic N) is 2. The van der Waals surface area contributed by atoms with Gasteiger partial charge in [-0.1, -0.05) is 22.0 Å². The molecule has 64 valence electrons. The van der Waals surface area contributed by atoms with Gasteiger partial charge in [-0.25, -0.2) is 0 Å². The lowest BCUT2D eigenvalue weighted by atomic mass is 10.0. The molecule has 0 heterocycles. The zero-order valence-electron chi connectivity index (χ0n) is 6.92. The maximum Gasteiger partial charge on any atom is 0.101 e. The van der Waals surface area contributed by atoms with Gasteiger partial charge < -0.3 is 0 Å². The molecule has 0 radical (unpaired) electrons. The number of nitriles is 2. The molecule has 1 rings (SSSR count). The number of rotatable bonds is 2. The SMILES string of the molecule is N#Cc1ccc(CCBr)cc1C#N. The van der Waals surface area contributed by atoms with E-state index in [1.165, 1.54) is 0 Å². The summed E-state index contributed by atoms with van der Waals surface area (Å²) in [6.07, 6.45) is 0.875. The summed E-state index contributed by atoms with van der Waals surface area (Å²) in [6.45, 7) is 0. The van der Waals surface area contributed by atoms with Gasteiger partial charge in [-0.3, -0.25) is 0 Å². The quantitative estimate of drug-likeness (QED) is 0.738. The van der Waals surface area contributed by atoms with E-state index in [1.807, 2.05) is 18.2 Å². The lowest BCUT2D eigenvalue weighted by Crippen LogP contribution is -1.90. The second kappa shape index (κ2) is 4.64. The summed E-state index contributed by atoms with van der Waals surface area (Å²) < 4.78 is 0. The standard InChI is InChI=1S/C10H7BrN2/c11-4-3-8-1-2-9(6-12)10(5-8)7-13/h1-2,5H,3-4H2. The van der Waals surface area contributed by atoms with E-state index in [9.17, 15) is 0 Å². The molecule has 0 bridgehead atoms. The van der Waals surface area contributed by atoms with Crippen molar-refractivity contribution >= 4 is 15.9 Å². The van der Waals surface area contributed by atoms with E-state index in [1.54, 1.807) is 12.1 Å². The molecule has 0 aliphatic rings. The Balaban J connectivity index is 3.09. The van der Waals surface area contributed by atoms with Crippen LogP contribution in [0.15, 0.2) is 18.2 Å². The molecule has 0 aliphatic carbocycles. The fraction of sp³-hybridized carbons (Fsp3) is 0.200. The number of hydrogen-bond acceptors (Lipinski definition) is 2. The third kappa shape index (κ3) is 2.31. The molecular weight excluding hydrogens is 228 g/mol. The van der Waals surface area contributed by atoms with Crippen molar-refractivity contribution in [1.29, 1.82) is 10.5 Å². The van der Waals surface area contributed by atoms with Gasteiger partial charge in [0, 0.05) is 5.33 Å². The summed E-state index contributed by atoms with van der Waals surface area (Å²) in [5.74, 6) is 0. The number of benzene rings is 1. The summed E-state index contributed by atoms with van der Waals surface area (Å²) in [7, 11) is 0. The van der Waals surface area contributed by atoms with Gasteiger partial charge >= 0.3 is 0 Å². The third-order valence-electron chi connectivity index (χ3n) is 1.71. The molecule has 0 N–H and O–H groups in total. The van der Waals surface area contributed by atoms with Crippen LogP contribution in [0.3, 0.4) is 0 Å². The highest BCUT2D eigenvalue weighted by molar-refractivity contribution is 9.09. The monoisotopic (exact) mass is 234 g/mol. The van der Waals surface area contributed by atoms with E-state index >= 15 is 0 Å². The van der Waals surface area contributed by atoms with Crippen molar-refractivity contribution in [2.24, 2.45) is 0 Å². The van der Waals surface area contributed by atoms with Crippen LogP contribution in [0.1, 0.15) is 16.7 Å². The first-order valence-corrected chi connectivity index (χ1v) is 4.93. The number of halogens is 1. The van der Waals surface area contributed by atoms with Gasteiger partial charge in [-0.15, -0.1) is 0 Å². The summed E-state index contributed by atoms with van der Waals surface area (Å²) in [4.78, 5) is 0. The largest absolute Gasteiger partial charge is 0.192 e. The topological polar surface area (TPSA) is 47.6 Å². The summed E-state index contributed by atoms with van der Waals surface area (Å²) in [5.41, 5.74) is 1.98. The Morgan fingerprint density at radius 1 is 1.15 bits per heavy atom. The normalized spacial score (nSPS) is 8.85. The lowest BCUT2D eigenvalue weighted by Gasteiger charge is -1.99. The van der Waals surface area contributed by atoms with Crippen LogP contribution in [-0.2, 0) is 6.42 Å². The van der Waals surface area contributed by atoms with Crippen LogP contribution in [0.2, 0.25) is 0 Å². The molecule has 0 saturated carbocycles. The highest BCUT2D eigenvalue weighted by atomic mass is 79.9. The first kappa shape index (κ1) is 9.77. The Bertz CT molecular complexity index is 385. The van der Waals surface area contributed by atoms with Crippen molar-refractivity contribution in [2.75, 3.05) is 5.33 Å². The average molecular weight is 235 g/mol. The van der Waals surface area contributed by atoms with Crippen LogP contribution in [0.25, 0.3) is 0 Å². The summed E-state index contributed by atoms with van der Waals surface area (Å²) in [5, 5.41) is 18.3. The van der Waals surface area contributed by atoms with Gasteiger partial charge in [-0.2, -0.15) is 10.5 Å². The average Bonchev–Trinajstić information content (AvgIpc) is 2.18. The Kier molecular flexibility index (Phi) is 3.49. The zero-order valence-corrected chi connectivity index (χ0v) is 8.50. The summed E-state index contributed by atoms with van der Waals surface area (Å²) in [6, 6.07) is 9.32. The Hall–Kier alpha value is -1.32. The Morgan fingerprint density at radius 2 is 1.85 bits per heavy atom. The minimum absolute atomic E-state index is 0.445. The van der Waals surface area contributed by atoms with Crippen molar-refractivity contribution in [1.82, 2.24) is 0 Å². The van der Waals surface area contributed by atoms with Crippen molar-refractivity contribution in [3.05, 3.63) is 34.9 Å². The van der Waals surface area contributed by atoms with Gasteiger partial charge in [0.1, 0.15) is 12.1 Å². The highest BCUT2D eigenvalue weighted by Gasteiger charge is 2.01. The van der Waals surface area contributed by atoms with E-state index in [0.29, 0.717) is 11.1 Å². The van der Waals surface area contributed by atoms with Gasteiger partial charge in [0.2, 0.25) is 0 Å². The van der Waals surface area contributed by atoms with Crippen molar-refractivity contribution in [3.63, 3.8) is 0 Å². The molecule has 0 fully saturated rings. The van der Waals surface area contributed by atoms with Crippen molar-refractivity contribution < 1.29 is 0 Å². The molecule has 0 amide bonds. The summed E-state index contributed by atoms with van der Waals surface area (Å²) >= 11 is 3.32. The number of hydrogen-bond donors (Lipinski definition) is 0. The molecule has 1 aromatic carbocycles. The number of aryl methyl sites for hydroxylation is 1. The molecule has 0 atom stereocenters. The minimum Gasteiger partial charge on any atom is -0.192 e. The molecule has 1 aromatic rings. The molecule has 0 aliphatic heterocycles. The van der Waals surface area contributed by atoms with Gasteiger partial charge in [0.25, 0.3) is 0 Å².